The van der Waals surface area contributed by atoms with Gasteiger partial charge >= 0.3 is 19.8 Å². The highest BCUT2D eigenvalue weighted by molar-refractivity contribution is 7.47. The predicted molar refractivity (Wildman–Crippen MR) is 201 cm³/mol. The minimum absolute atomic E-state index is 0.0523. The maximum absolute atomic E-state index is 12.5. The largest absolute Gasteiger partial charge is 0.472 e. The number of ether oxygens (including phenoxy) is 2. The van der Waals surface area contributed by atoms with E-state index in [4.69, 9.17) is 24.3 Å². The van der Waals surface area contributed by atoms with Crippen molar-refractivity contribution in [3.63, 3.8) is 0 Å². The Morgan fingerprint density at radius 3 is 1.53 bits per heavy atom. The highest BCUT2D eigenvalue weighted by Crippen LogP contribution is 2.43. The van der Waals surface area contributed by atoms with Crippen LogP contribution in [0.3, 0.4) is 0 Å². The molecule has 0 amide bonds. The highest BCUT2D eigenvalue weighted by atomic mass is 31.2. The van der Waals surface area contributed by atoms with Crippen LogP contribution in [0.25, 0.3) is 0 Å². The Hall–Kier alpha value is -1.51. The second-order valence-electron chi connectivity index (χ2n) is 13.1. The standard InChI is InChI=1S/C39H74NO8P/c1-3-5-7-9-11-13-15-16-17-18-19-20-21-22-24-26-28-30-32-39(42)48-37(36-47-49(43,44)46-34-33-40)35-45-38(41)31-29-27-25-23-14-12-10-8-6-4-2/h8,10,17-18,37H,3-7,9,11-16,19-36,40H2,1-2H3,(H,43,44)/b10-8-,18-17-. The number of hydrogen-bond donors (Lipinski definition) is 2. The van der Waals surface area contributed by atoms with Crippen molar-refractivity contribution in [2.45, 2.75) is 187 Å². The summed E-state index contributed by atoms with van der Waals surface area (Å²) < 4.78 is 32.6. The third kappa shape index (κ3) is 36.1. The van der Waals surface area contributed by atoms with E-state index in [1.54, 1.807) is 0 Å². The molecule has 0 bridgehead atoms. The quantitative estimate of drug-likeness (QED) is 0.0279. The van der Waals surface area contributed by atoms with E-state index in [1.165, 1.54) is 77.0 Å². The average Bonchev–Trinajstić information content (AvgIpc) is 3.08. The van der Waals surface area contributed by atoms with E-state index in [0.717, 1.165) is 70.6 Å². The van der Waals surface area contributed by atoms with Crippen LogP contribution in [-0.2, 0) is 32.7 Å². The molecule has 0 radical (unpaired) electrons. The van der Waals surface area contributed by atoms with Crippen molar-refractivity contribution < 1.29 is 37.6 Å². The number of carbonyl (C=O) groups is 2. The maximum Gasteiger partial charge on any atom is 0.472 e. The van der Waals surface area contributed by atoms with E-state index in [2.05, 4.69) is 38.2 Å². The molecule has 0 aromatic rings. The van der Waals surface area contributed by atoms with Gasteiger partial charge in [0.05, 0.1) is 13.2 Å². The lowest BCUT2D eigenvalue weighted by Crippen LogP contribution is -2.29. The van der Waals surface area contributed by atoms with Crippen LogP contribution in [0.15, 0.2) is 24.3 Å². The number of phosphoric acid groups is 1. The van der Waals surface area contributed by atoms with E-state index in [0.29, 0.717) is 6.42 Å². The predicted octanol–water partition coefficient (Wildman–Crippen LogP) is 10.8. The molecule has 10 heteroatoms. The summed E-state index contributed by atoms with van der Waals surface area (Å²) in [5.74, 6) is -0.845. The number of hydrogen-bond acceptors (Lipinski definition) is 8. The molecule has 49 heavy (non-hydrogen) atoms. The second kappa shape index (κ2) is 36.3. The summed E-state index contributed by atoms with van der Waals surface area (Å²) in [7, 11) is -4.37. The normalized spacial score (nSPS) is 13.6. The molecular formula is C39H74NO8P. The van der Waals surface area contributed by atoms with Crippen LogP contribution in [0.5, 0.6) is 0 Å². The minimum atomic E-state index is -4.37. The molecule has 2 atom stereocenters. The van der Waals surface area contributed by atoms with Gasteiger partial charge in [0.2, 0.25) is 0 Å². The number of phosphoric ester groups is 1. The molecule has 0 rings (SSSR count). The van der Waals surface area contributed by atoms with Crippen LogP contribution < -0.4 is 5.73 Å². The molecule has 3 N–H and O–H groups in total. The number of allylic oxidation sites excluding steroid dienone is 4. The van der Waals surface area contributed by atoms with Gasteiger partial charge in [-0.1, -0.05) is 134 Å². The molecule has 0 aliphatic carbocycles. The zero-order chi connectivity index (χ0) is 36.1. The summed E-state index contributed by atoms with van der Waals surface area (Å²) in [4.78, 5) is 34.7. The van der Waals surface area contributed by atoms with Gasteiger partial charge in [-0.15, -0.1) is 0 Å². The molecular weight excluding hydrogens is 641 g/mol. The molecule has 0 spiro atoms. The molecule has 0 aliphatic rings. The van der Waals surface area contributed by atoms with E-state index >= 15 is 0 Å². The average molecular weight is 716 g/mol. The lowest BCUT2D eigenvalue weighted by atomic mass is 10.1. The molecule has 288 valence electrons. The van der Waals surface area contributed by atoms with Crippen molar-refractivity contribution in [1.29, 1.82) is 0 Å². The first-order chi connectivity index (χ1) is 23.8. The summed E-state index contributed by atoms with van der Waals surface area (Å²) >= 11 is 0. The smallest absolute Gasteiger partial charge is 0.462 e. The van der Waals surface area contributed by atoms with Gasteiger partial charge in [-0.2, -0.15) is 0 Å². The Balaban J connectivity index is 4.16. The van der Waals surface area contributed by atoms with Crippen molar-refractivity contribution in [3.8, 4) is 0 Å². The molecule has 0 saturated heterocycles. The lowest BCUT2D eigenvalue weighted by Gasteiger charge is -2.19. The topological polar surface area (TPSA) is 134 Å². The summed E-state index contributed by atoms with van der Waals surface area (Å²) in [5, 5.41) is 0. The molecule has 0 fully saturated rings. The van der Waals surface area contributed by atoms with Crippen LogP contribution in [0, 0.1) is 0 Å². The summed E-state index contributed by atoms with van der Waals surface area (Å²) in [6.45, 7) is 3.65. The van der Waals surface area contributed by atoms with Crippen molar-refractivity contribution in [2.24, 2.45) is 5.73 Å². The fraction of sp³-hybridized carbons (Fsp3) is 0.846. The number of nitrogens with two attached hydrogens (primary N) is 1. The van der Waals surface area contributed by atoms with E-state index < -0.39 is 32.5 Å². The Morgan fingerprint density at radius 2 is 1.04 bits per heavy atom. The molecule has 9 nitrogen and oxygen atoms in total. The van der Waals surface area contributed by atoms with Gasteiger partial charge in [-0.25, -0.2) is 4.57 Å². The van der Waals surface area contributed by atoms with E-state index in [-0.39, 0.29) is 32.6 Å². The fourth-order valence-corrected chi connectivity index (χ4v) is 6.10. The number of unbranched alkanes of at least 4 members (excludes halogenated alkanes) is 20. The van der Waals surface area contributed by atoms with Gasteiger partial charge in [0.1, 0.15) is 6.61 Å². The third-order valence-corrected chi connectivity index (χ3v) is 9.27. The van der Waals surface area contributed by atoms with Crippen molar-refractivity contribution >= 4 is 19.8 Å². The van der Waals surface area contributed by atoms with Gasteiger partial charge in [0.15, 0.2) is 6.10 Å². The van der Waals surface area contributed by atoms with Crippen molar-refractivity contribution in [3.05, 3.63) is 24.3 Å². The second-order valence-corrected chi connectivity index (χ2v) is 14.6. The van der Waals surface area contributed by atoms with Crippen LogP contribution in [0.4, 0.5) is 0 Å². The van der Waals surface area contributed by atoms with Gasteiger partial charge in [0, 0.05) is 19.4 Å². The molecule has 0 aromatic heterocycles. The zero-order valence-electron chi connectivity index (χ0n) is 31.4. The van der Waals surface area contributed by atoms with Crippen LogP contribution in [0.1, 0.15) is 181 Å². The summed E-state index contributed by atoms with van der Waals surface area (Å²) in [6.07, 6.45) is 36.4. The summed E-state index contributed by atoms with van der Waals surface area (Å²) in [5.41, 5.74) is 5.33. The molecule has 0 aliphatic heterocycles. The SMILES string of the molecule is CCC/C=C\CCCCCCCC(=O)OCC(COP(=O)(O)OCCN)OC(=O)CCCCCCCCC/C=C\CCCCCCCCC. The Bertz CT molecular complexity index is 866. The van der Waals surface area contributed by atoms with Crippen molar-refractivity contribution in [2.75, 3.05) is 26.4 Å². The van der Waals surface area contributed by atoms with Gasteiger partial charge in [-0.3, -0.25) is 18.6 Å². The molecule has 0 aromatic carbocycles. The van der Waals surface area contributed by atoms with Gasteiger partial charge < -0.3 is 20.1 Å². The fourth-order valence-electron chi connectivity index (χ4n) is 5.34. The molecule has 0 heterocycles. The van der Waals surface area contributed by atoms with Gasteiger partial charge in [-0.05, 0) is 57.8 Å². The van der Waals surface area contributed by atoms with E-state index in [9.17, 15) is 19.0 Å². The third-order valence-electron chi connectivity index (χ3n) is 8.29. The van der Waals surface area contributed by atoms with Crippen molar-refractivity contribution in [1.82, 2.24) is 0 Å². The van der Waals surface area contributed by atoms with Gasteiger partial charge in [0.25, 0.3) is 0 Å². The highest BCUT2D eigenvalue weighted by Gasteiger charge is 2.25. The van der Waals surface area contributed by atoms with Crippen LogP contribution in [0.2, 0.25) is 0 Å². The number of esters is 2. The number of rotatable bonds is 37. The summed E-state index contributed by atoms with van der Waals surface area (Å²) in [6, 6.07) is 0. The molecule has 0 saturated carbocycles. The lowest BCUT2D eigenvalue weighted by molar-refractivity contribution is -0.161. The zero-order valence-corrected chi connectivity index (χ0v) is 32.3. The maximum atomic E-state index is 12.5. The monoisotopic (exact) mass is 716 g/mol. The first-order valence-corrected chi connectivity index (χ1v) is 21.3. The first-order valence-electron chi connectivity index (χ1n) is 19.8. The van der Waals surface area contributed by atoms with E-state index in [1.807, 2.05) is 0 Å². The molecule has 2 unspecified atom stereocenters. The Morgan fingerprint density at radius 1 is 0.592 bits per heavy atom. The van der Waals surface area contributed by atoms with Crippen LogP contribution >= 0.6 is 7.82 Å². The Kier molecular flexibility index (Phi) is 35.2. The van der Waals surface area contributed by atoms with Crippen LogP contribution in [-0.4, -0.2) is 49.3 Å². The number of carbonyl (C=O) groups excluding carboxylic acids is 2. The minimum Gasteiger partial charge on any atom is -0.462 e. The Labute approximate surface area is 300 Å². The first kappa shape index (κ1) is 47.5.